The number of rotatable bonds is 4. The Morgan fingerprint density at radius 1 is 0.727 bits per heavy atom. The first-order chi connectivity index (χ1) is 16.1. The molecule has 5 heteroatoms. The Balaban J connectivity index is 1.53. The summed E-state index contributed by atoms with van der Waals surface area (Å²) >= 11 is 3.45. The number of ketones is 1. The molecule has 2 aromatic heterocycles. The van der Waals surface area contributed by atoms with Gasteiger partial charge in [0.2, 0.25) is 5.78 Å². The Kier molecular flexibility index (Phi) is 4.96. The molecule has 2 aliphatic rings. The monoisotopic (exact) mass is 470 g/mol. The first kappa shape index (κ1) is 20.8. The average molecular weight is 471 g/mol. The number of hydrogen-bond acceptors (Lipinski definition) is 5. The second-order valence-electron chi connectivity index (χ2n) is 8.29. The molecule has 164 valence electrons. The summed E-state index contributed by atoms with van der Waals surface area (Å²) in [6.45, 7) is 5.05. The Morgan fingerprint density at radius 2 is 1.21 bits per heavy atom. The molecule has 33 heavy (non-hydrogen) atoms. The maximum Gasteiger partial charge on any atom is 0.262 e. The highest BCUT2D eigenvalue weighted by molar-refractivity contribution is 7.16. The van der Waals surface area contributed by atoms with Gasteiger partial charge in [-0.05, 0) is 42.7 Å². The van der Waals surface area contributed by atoms with Crippen LogP contribution >= 0.6 is 22.7 Å². The zero-order chi connectivity index (χ0) is 22.6. The van der Waals surface area contributed by atoms with E-state index in [0.717, 1.165) is 42.5 Å². The fraction of sp³-hybridized carbons (Fsp3) is 0.179. The van der Waals surface area contributed by atoms with Crippen LogP contribution in [0.2, 0.25) is 0 Å². The molecule has 0 N–H and O–H groups in total. The summed E-state index contributed by atoms with van der Waals surface area (Å²) in [6.07, 6.45) is 0. The molecular formula is C28H22O3S2. The van der Waals surface area contributed by atoms with Gasteiger partial charge in [-0.3, -0.25) is 4.79 Å². The highest BCUT2D eigenvalue weighted by atomic mass is 32.1. The minimum Gasteiger partial charge on any atom is -0.337 e. The molecule has 4 aromatic rings. The van der Waals surface area contributed by atoms with Crippen LogP contribution in [0.1, 0.15) is 20.9 Å². The normalized spacial score (nSPS) is 17.1. The van der Waals surface area contributed by atoms with Crippen LogP contribution in [0.5, 0.6) is 0 Å². The van der Waals surface area contributed by atoms with Gasteiger partial charge in [0.25, 0.3) is 5.79 Å². The van der Waals surface area contributed by atoms with Gasteiger partial charge in [0.05, 0.1) is 13.2 Å². The van der Waals surface area contributed by atoms with Crippen LogP contribution in [0.4, 0.5) is 0 Å². The van der Waals surface area contributed by atoms with Crippen molar-refractivity contribution in [2.24, 2.45) is 0 Å². The van der Waals surface area contributed by atoms with E-state index in [1.165, 1.54) is 10.4 Å². The Labute approximate surface area is 200 Å². The van der Waals surface area contributed by atoms with Crippen molar-refractivity contribution >= 4 is 39.6 Å². The molecular weight excluding hydrogens is 448 g/mol. The minimum atomic E-state index is -1.27. The number of thiophene rings is 2. The number of Topliss-reactive ketones (excluding diaryl/α,β-unsaturated/α-hetero) is 1. The third-order valence-corrected chi connectivity index (χ3v) is 8.49. The van der Waals surface area contributed by atoms with Crippen LogP contribution in [-0.2, 0) is 14.3 Å². The predicted molar refractivity (Wildman–Crippen MR) is 135 cm³/mol. The van der Waals surface area contributed by atoms with E-state index < -0.39 is 5.79 Å². The van der Waals surface area contributed by atoms with Crippen molar-refractivity contribution in [1.29, 1.82) is 0 Å². The Morgan fingerprint density at radius 3 is 1.76 bits per heavy atom. The van der Waals surface area contributed by atoms with E-state index in [1.54, 1.807) is 22.7 Å². The minimum absolute atomic E-state index is 0.0672. The van der Waals surface area contributed by atoms with Gasteiger partial charge in [-0.15, -0.1) is 22.7 Å². The predicted octanol–water partition coefficient (Wildman–Crippen LogP) is 7.00. The summed E-state index contributed by atoms with van der Waals surface area (Å²) < 4.78 is 12.0. The molecule has 0 amide bonds. The van der Waals surface area contributed by atoms with Crippen molar-refractivity contribution in [1.82, 2.24) is 0 Å². The molecule has 0 radical (unpaired) electrons. The van der Waals surface area contributed by atoms with Crippen molar-refractivity contribution in [2.75, 3.05) is 13.2 Å². The van der Waals surface area contributed by atoms with Crippen LogP contribution in [0, 0.1) is 13.8 Å². The molecule has 3 nitrogen and oxygen atoms in total. The van der Waals surface area contributed by atoms with E-state index in [4.69, 9.17) is 9.47 Å². The second kappa shape index (κ2) is 7.89. The standard InChI is InChI=1S/C28H22O3S2/c1-17-21(15-23(32-17)19-9-5-3-6-10-19)25-26(28(27(25)29)30-13-14-31-28)22-16-24(33-18(22)2)20-11-7-4-8-12-20/h3-12,15-16H,13-14H2,1-2H3. The van der Waals surface area contributed by atoms with Gasteiger partial charge in [0.15, 0.2) is 0 Å². The lowest BCUT2D eigenvalue weighted by Gasteiger charge is -2.39. The molecule has 0 unspecified atom stereocenters. The maximum atomic E-state index is 13.6. The summed E-state index contributed by atoms with van der Waals surface area (Å²) in [7, 11) is 0. The fourth-order valence-corrected chi connectivity index (χ4v) is 6.76. The summed E-state index contributed by atoms with van der Waals surface area (Å²) in [5, 5.41) is 0. The van der Waals surface area contributed by atoms with E-state index in [1.807, 2.05) is 36.4 Å². The highest BCUT2D eigenvalue weighted by Gasteiger charge is 2.60. The largest absolute Gasteiger partial charge is 0.337 e. The van der Waals surface area contributed by atoms with Crippen LogP contribution in [0.25, 0.3) is 32.0 Å². The lowest BCUT2D eigenvalue weighted by molar-refractivity contribution is -0.158. The summed E-state index contributed by atoms with van der Waals surface area (Å²) in [5.41, 5.74) is 5.96. The van der Waals surface area contributed by atoms with Gasteiger partial charge in [-0.25, -0.2) is 0 Å². The van der Waals surface area contributed by atoms with Crippen LogP contribution in [0.15, 0.2) is 72.8 Å². The van der Waals surface area contributed by atoms with E-state index in [-0.39, 0.29) is 5.78 Å². The number of hydrogen-bond donors (Lipinski definition) is 0. The molecule has 0 atom stereocenters. The zero-order valence-electron chi connectivity index (χ0n) is 18.4. The van der Waals surface area contributed by atoms with Gasteiger partial charge < -0.3 is 9.47 Å². The number of carbonyl (C=O) groups is 1. The van der Waals surface area contributed by atoms with Crippen molar-refractivity contribution in [3.63, 3.8) is 0 Å². The first-order valence-electron chi connectivity index (χ1n) is 11.0. The zero-order valence-corrected chi connectivity index (χ0v) is 20.0. The summed E-state index contributed by atoms with van der Waals surface area (Å²) in [4.78, 5) is 18.2. The van der Waals surface area contributed by atoms with E-state index in [2.05, 4.69) is 50.2 Å². The van der Waals surface area contributed by atoms with E-state index >= 15 is 0 Å². The van der Waals surface area contributed by atoms with Crippen molar-refractivity contribution < 1.29 is 14.3 Å². The average Bonchev–Trinajstić information content (AvgIpc) is 3.58. The molecule has 0 bridgehead atoms. The van der Waals surface area contributed by atoms with Gasteiger partial charge in [0, 0.05) is 36.2 Å². The van der Waals surface area contributed by atoms with Gasteiger partial charge in [0.1, 0.15) is 0 Å². The summed E-state index contributed by atoms with van der Waals surface area (Å²) in [5.74, 6) is -1.33. The third-order valence-electron chi connectivity index (χ3n) is 6.29. The first-order valence-corrected chi connectivity index (χ1v) is 12.6. The molecule has 1 fully saturated rings. The molecule has 2 aromatic carbocycles. The fourth-order valence-electron chi connectivity index (χ4n) is 4.70. The number of aryl methyl sites for hydroxylation is 2. The molecule has 0 saturated carbocycles. The van der Waals surface area contributed by atoms with Crippen LogP contribution in [-0.4, -0.2) is 24.8 Å². The Bertz CT molecular complexity index is 1390. The SMILES string of the molecule is Cc1sc(-c2ccccc2)cc1C1=C(c2cc(-c3ccccc3)sc2C)C2(OCCO2)C1=O. The number of ether oxygens (including phenoxy) is 2. The molecule has 3 heterocycles. The van der Waals surface area contributed by atoms with Crippen molar-refractivity contribution in [3.05, 3.63) is 93.7 Å². The van der Waals surface area contributed by atoms with E-state index in [0.29, 0.717) is 13.2 Å². The van der Waals surface area contributed by atoms with Crippen molar-refractivity contribution in [2.45, 2.75) is 19.6 Å². The van der Waals surface area contributed by atoms with Gasteiger partial charge in [-0.2, -0.15) is 0 Å². The maximum absolute atomic E-state index is 13.6. The number of benzene rings is 2. The van der Waals surface area contributed by atoms with Crippen LogP contribution < -0.4 is 0 Å². The second-order valence-corrected chi connectivity index (χ2v) is 10.8. The molecule has 1 aliphatic carbocycles. The van der Waals surface area contributed by atoms with Gasteiger partial charge >= 0.3 is 0 Å². The van der Waals surface area contributed by atoms with Crippen molar-refractivity contribution in [3.8, 4) is 20.9 Å². The summed E-state index contributed by atoms with van der Waals surface area (Å²) in [6, 6.07) is 25.0. The highest BCUT2D eigenvalue weighted by Crippen LogP contribution is 2.55. The van der Waals surface area contributed by atoms with E-state index in [9.17, 15) is 4.79 Å². The number of carbonyl (C=O) groups excluding carboxylic acids is 1. The molecule has 1 saturated heterocycles. The Hall–Kier alpha value is -2.83. The lowest BCUT2D eigenvalue weighted by Crippen LogP contribution is -2.50. The van der Waals surface area contributed by atoms with Crippen LogP contribution in [0.3, 0.4) is 0 Å². The molecule has 6 rings (SSSR count). The molecule has 1 aliphatic heterocycles. The quantitative estimate of drug-likeness (QED) is 0.322. The van der Waals surface area contributed by atoms with Gasteiger partial charge in [-0.1, -0.05) is 60.7 Å². The molecule has 1 spiro atoms. The lowest BCUT2D eigenvalue weighted by atomic mass is 9.73. The topological polar surface area (TPSA) is 35.5 Å². The third kappa shape index (κ3) is 3.19. The smallest absolute Gasteiger partial charge is 0.262 e.